The Morgan fingerprint density at radius 3 is 2.37 bits per heavy atom. The number of halogens is 2. The van der Waals surface area contributed by atoms with Gasteiger partial charge >= 0.3 is 5.97 Å². The van der Waals surface area contributed by atoms with Gasteiger partial charge in [-0.2, -0.15) is 0 Å². The molecule has 0 aliphatic heterocycles. The normalized spacial score (nSPS) is 13.8. The number of esters is 1. The van der Waals surface area contributed by atoms with Crippen molar-refractivity contribution >= 4 is 40.5 Å². The molecule has 0 aromatic heterocycles. The maximum absolute atomic E-state index is 12.9. The first-order chi connectivity index (χ1) is 16.6. The van der Waals surface area contributed by atoms with E-state index in [-0.39, 0.29) is 12.3 Å². The predicted octanol–water partition coefficient (Wildman–Crippen LogP) is 6.68. The van der Waals surface area contributed by atoms with Gasteiger partial charge in [0.1, 0.15) is 5.75 Å². The van der Waals surface area contributed by atoms with Crippen molar-refractivity contribution in [3.05, 3.63) is 87.9 Å². The first-order valence-corrected chi connectivity index (χ1v) is 12.4. The quantitative estimate of drug-likeness (QED) is 0.233. The van der Waals surface area contributed by atoms with E-state index in [2.05, 4.69) is 10.2 Å². The number of nitrogens with zero attached hydrogens (tertiary/aromatic N) is 1. The molecule has 0 saturated heterocycles. The number of hydrogen-bond acceptors (Lipinski definition) is 5. The van der Waals surface area contributed by atoms with Crippen LogP contribution in [0.5, 0.6) is 5.75 Å². The summed E-state index contributed by atoms with van der Waals surface area (Å²) in [5.41, 5.74) is 1.74. The van der Waals surface area contributed by atoms with Crippen LogP contribution in [-0.2, 0) is 16.8 Å². The van der Waals surface area contributed by atoms with Crippen LogP contribution in [0.2, 0.25) is 10.0 Å². The fraction of sp³-hybridized carbons (Fsp3) is 0.321. The smallest absolute Gasteiger partial charge is 0.315 e. The number of benzene rings is 3. The number of rotatable bonds is 10. The van der Waals surface area contributed by atoms with Crippen LogP contribution in [0.1, 0.15) is 31.4 Å². The summed E-state index contributed by atoms with van der Waals surface area (Å²) in [6.45, 7) is 4.71. The molecule has 0 saturated carbocycles. The highest BCUT2D eigenvalue weighted by Crippen LogP contribution is 2.36. The second-order valence-corrected chi connectivity index (χ2v) is 9.81. The van der Waals surface area contributed by atoms with E-state index in [0.717, 1.165) is 17.7 Å². The van der Waals surface area contributed by atoms with Crippen molar-refractivity contribution in [3.63, 3.8) is 0 Å². The maximum Gasteiger partial charge on any atom is 0.315 e. The van der Waals surface area contributed by atoms with Gasteiger partial charge in [0.2, 0.25) is 0 Å². The molecule has 3 aromatic rings. The van der Waals surface area contributed by atoms with Crippen LogP contribution in [0.15, 0.2) is 66.7 Å². The lowest BCUT2D eigenvalue weighted by molar-refractivity contribution is -0.133. The standard InChI is InChI=1S/C28H32Cl2N2O3/c1-5-28(34,19(2)18-32(3)4)21-11-8-12-22(17-21)35-26(33)16-20-10-6-7-15-25(20)31-27-23(29)13-9-14-24(27)30/h6-15,17,19,31,34H,5,16,18H2,1-4H3/t19-,28-/m1/s1. The van der Waals surface area contributed by atoms with Crippen molar-refractivity contribution in [1.82, 2.24) is 4.90 Å². The van der Waals surface area contributed by atoms with E-state index in [1.807, 2.05) is 58.3 Å². The number of hydrogen-bond donors (Lipinski definition) is 2. The summed E-state index contributed by atoms with van der Waals surface area (Å²) >= 11 is 12.6. The monoisotopic (exact) mass is 514 g/mol. The van der Waals surface area contributed by atoms with Gasteiger partial charge in [-0.25, -0.2) is 0 Å². The summed E-state index contributed by atoms with van der Waals surface area (Å²) in [5.74, 6) is -0.0258. The highest BCUT2D eigenvalue weighted by molar-refractivity contribution is 6.39. The molecule has 3 aromatic carbocycles. The molecular weight excluding hydrogens is 483 g/mol. The molecule has 5 nitrogen and oxygen atoms in total. The number of carbonyl (C=O) groups is 1. The minimum absolute atomic E-state index is 0.0111. The molecule has 0 heterocycles. The van der Waals surface area contributed by atoms with E-state index in [1.54, 1.807) is 36.4 Å². The molecule has 2 N–H and O–H groups in total. The van der Waals surface area contributed by atoms with Gasteiger partial charge in [0, 0.05) is 18.2 Å². The number of ether oxygens (including phenoxy) is 1. The molecule has 0 amide bonds. The SMILES string of the molecule is CC[C@](O)(c1cccc(OC(=O)Cc2ccccc2Nc2c(Cl)cccc2Cl)c1)[C@H](C)CN(C)C. The average Bonchev–Trinajstić information content (AvgIpc) is 2.81. The summed E-state index contributed by atoms with van der Waals surface area (Å²) in [4.78, 5) is 14.9. The van der Waals surface area contributed by atoms with Gasteiger partial charge in [0.15, 0.2) is 0 Å². The molecular formula is C28H32Cl2N2O3. The molecule has 35 heavy (non-hydrogen) atoms. The Labute approximate surface area is 217 Å². The zero-order chi connectivity index (χ0) is 25.6. The summed E-state index contributed by atoms with van der Waals surface area (Å²) in [5, 5.41) is 15.6. The fourth-order valence-corrected chi connectivity index (χ4v) is 4.73. The van der Waals surface area contributed by atoms with E-state index < -0.39 is 11.6 Å². The van der Waals surface area contributed by atoms with Gasteiger partial charge in [-0.3, -0.25) is 4.79 Å². The molecule has 0 radical (unpaired) electrons. The van der Waals surface area contributed by atoms with E-state index in [0.29, 0.717) is 33.6 Å². The predicted molar refractivity (Wildman–Crippen MR) is 144 cm³/mol. The van der Waals surface area contributed by atoms with Gasteiger partial charge in [-0.1, -0.05) is 73.4 Å². The van der Waals surface area contributed by atoms with E-state index in [1.165, 1.54) is 0 Å². The van der Waals surface area contributed by atoms with E-state index in [9.17, 15) is 9.90 Å². The van der Waals surface area contributed by atoms with Crippen molar-refractivity contribution < 1.29 is 14.6 Å². The van der Waals surface area contributed by atoms with Gasteiger partial charge < -0.3 is 20.1 Å². The molecule has 0 aliphatic rings. The van der Waals surface area contributed by atoms with Crippen molar-refractivity contribution in [2.24, 2.45) is 5.92 Å². The van der Waals surface area contributed by atoms with Crippen LogP contribution in [0.4, 0.5) is 11.4 Å². The molecule has 7 heteroatoms. The van der Waals surface area contributed by atoms with Crippen LogP contribution in [0.25, 0.3) is 0 Å². The fourth-order valence-electron chi connectivity index (χ4n) is 4.24. The molecule has 0 bridgehead atoms. The minimum atomic E-state index is -1.03. The Balaban J connectivity index is 1.77. The molecule has 3 rings (SSSR count). The Morgan fingerprint density at radius 1 is 1.06 bits per heavy atom. The van der Waals surface area contributed by atoms with Gasteiger partial charge in [-0.05, 0) is 62.0 Å². The van der Waals surface area contributed by atoms with Gasteiger partial charge in [-0.15, -0.1) is 0 Å². The number of aliphatic hydroxyl groups is 1. The minimum Gasteiger partial charge on any atom is -0.426 e. The highest BCUT2D eigenvalue weighted by Gasteiger charge is 2.34. The zero-order valence-corrected chi connectivity index (χ0v) is 22.0. The number of nitrogens with one attached hydrogen (secondary N) is 1. The first kappa shape index (κ1) is 27.0. The summed E-state index contributed by atoms with van der Waals surface area (Å²) in [7, 11) is 3.97. The van der Waals surface area contributed by atoms with Crippen LogP contribution in [-0.4, -0.2) is 36.6 Å². The van der Waals surface area contributed by atoms with Crippen molar-refractivity contribution in [3.8, 4) is 5.75 Å². The lowest BCUT2D eigenvalue weighted by Crippen LogP contribution is -2.38. The van der Waals surface area contributed by atoms with Crippen molar-refractivity contribution in [2.75, 3.05) is 26.0 Å². The van der Waals surface area contributed by atoms with Gasteiger partial charge in [0.05, 0.1) is 27.8 Å². The third kappa shape index (κ3) is 6.77. The Bertz CT molecular complexity index is 1150. The van der Waals surface area contributed by atoms with Crippen molar-refractivity contribution in [1.29, 1.82) is 0 Å². The molecule has 0 spiro atoms. The largest absolute Gasteiger partial charge is 0.426 e. The van der Waals surface area contributed by atoms with Crippen LogP contribution < -0.4 is 10.1 Å². The Kier molecular flexibility index (Phi) is 9.20. The Morgan fingerprint density at radius 2 is 1.71 bits per heavy atom. The zero-order valence-electron chi connectivity index (χ0n) is 20.5. The number of anilines is 2. The lowest BCUT2D eigenvalue weighted by atomic mass is 9.80. The van der Waals surface area contributed by atoms with Crippen LogP contribution >= 0.6 is 23.2 Å². The first-order valence-electron chi connectivity index (χ1n) is 11.6. The summed E-state index contributed by atoms with van der Waals surface area (Å²) in [6, 6.07) is 19.8. The maximum atomic E-state index is 12.9. The summed E-state index contributed by atoms with van der Waals surface area (Å²) < 4.78 is 5.67. The Hall–Kier alpha value is -2.57. The third-order valence-electron chi connectivity index (χ3n) is 6.13. The lowest BCUT2D eigenvalue weighted by Gasteiger charge is -2.35. The second-order valence-electron chi connectivity index (χ2n) is 9.00. The molecule has 0 unspecified atom stereocenters. The number of carbonyl (C=O) groups excluding carboxylic acids is 1. The van der Waals surface area contributed by atoms with Crippen LogP contribution in [0.3, 0.4) is 0 Å². The second kappa shape index (κ2) is 11.9. The topological polar surface area (TPSA) is 61.8 Å². The molecule has 0 aliphatic carbocycles. The average molecular weight is 515 g/mol. The molecule has 2 atom stereocenters. The summed E-state index contributed by atoms with van der Waals surface area (Å²) in [6.07, 6.45) is 0.591. The molecule has 186 valence electrons. The van der Waals surface area contributed by atoms with E-state index >= 15 is 0 Å². The molecule has 0 fully saturated rings. The number of para-hydroxylation sites is 2. The van der Waals surface area contributed by atoms with Gasteiger partial charge in [0.25, 0.3) is 0 Å². The third-order valence-corrected chi connectivity index (χ3v) is 6.76. The van der Waals surface area contributed by atoms with E-state index in [4.69, 9.17) is 27.9 Å². The van der Waals surface area contributed by atoms with Crippen LogP contribution in [0, 0.1) is 5.92 Å². The van der Waals surface area contributed by atoms with Crippen molar-refractivity contribution in [2.45, 2.75) is 32.3 Å². The highest BCUT2D eigenvalue weighted by atomic mass is 35.5.